The van der Waals surface area contributed by atoms with Crippen molar-refractivity contribution < 1.29 is 9.53 Å². The molecule has 0 unspecified atom stereocenters. The molecule has 2 rings (SSSR count). The largest absolute Gasteiger partial charge is 0.462 e. The summed E-state index contributed by atoms with van der Waals surface area (Å²) >= 11 is 9.52. The molecule has 0 atom stereocenters. The minimum atomic E-state index is -0.365. The maximum atomic E-state index is 11.8. The molecular formula is C13H12BrClN2O2. The molecule has 1 aliphatic heterocycles. The summed E-state index contributed by atoms with van der Waals surface area (Å²) in [7, 11) is 0. The van der Waals surface area contributed by atoms with Gasteiger partial charge in [0, 0.05) is 16.9 Å². The van der Waals surface area contributed by atoms with Crippen LogP contribution >= 0.6 is 27.5 Å². The third-order valence-electron chi connectivity index (χ3n) is 2.45. The van der Waals surface area contributed by atoms with Gasteiger partial charge in [-0.3, -0.25) is 0 Å². The van der Waals surface area contributed by atoms with Gasteiger partial charge in [0.25, 0.3) is 0 Å². The molecule has 1 aromatic heterocycles. The molecule has 1 aromatic rings. The number of anilines is 1. The Balaban J connectivity index is 2.31. The Hall–Kier alpha value is -1.33. The molecule has 0 bridgehead atoms. The third kappa shape index (κ3) is 3.36. The molecule has 0 N–H and O–H groups in total. The van der Waals surface area contributed by atoms with Crippen LogP contribution in [0.15, 0.2) is 40.7 Å². The highest BCUT2D eigenvalue weighted by molar-refractivity contribution is 9.11. The number of pyridine rings is 1. The van der Waals surface area contributed by atoms with E-state index >= 15 is 0 Å². The fraction of sp³-hybridized carbons (Fsp3) is 0.231. The minimum Gasteiger partial charge on any atom is -0.462 e. The molecule has 0 aromatic carbocycles. The maximum absolute atomic E-state index is 11.8. The number of ether oxygens (including phenoxy) is 1. The van der Waals surface area contributed by atoms with Gasteiger partial charge in [0.1, 0.15) is 0 Å². The lowest BCUT2D eigenvalue weighted by molar-refractivity contribution is -0.138. The highest BCUT2D eigenvalue weighted by atomic mass is 79.9. The van der Waals surface area contributed by atoms with Crippen LogP contribution < -0.4 is 4.90 Å². The van der Waals surface area contributed by atoms with Gasteiger partial charge in [0.05, 0.1) is 23.7 Å². The van der Waals surface area contributed by atoms with Crippen molar-refractivity contribution in [1.29, 1.82) is 0 Å². The summed E-state index contributed by atoms with van der Waals surface area (Å²) in [6.07, 6.45) is 5.09. The molecule has 0 fully saturated rings. The van der Waals surface area contributed by atoms with Gasteiger partial charge in [-0.15, -0.1) is 0 Å². The molecule has 4 nitrogen and oxygen atoms in total. The van der Waals surface area contributed by atoms with Crippen molar-refractivity contribution in [3.05, 3.63) is 45.7 Å². The van der Waals surface area contributed by atoms with Crippen LogP contribution in [0.5, 0.6) is 0 Å². The lowest BCUT2D eigenvalue weighted by atomic mass is 10.2. The number of rotatable bonds is 3. The molecule has 1 aliphatic rings. The number of carbonyl (C=O) groups excluding carboxylic acids is 1. The van der Waals surface area contributed by atoms with E-state index in [1.165, 1.54) is 0 Å². The van der Waals surface area contributed by atoms with Gasteiger partial charge in [0.2, 0.25) is 0 Å². The van der Waals surface area contributed by atoms with E-state index in [2.05, 4.69) is 20.9 Å². The molecule has 2 heterocycles. The molecule has 0 saturated carbocycles. The predicted molar refractivity (Wildman–Crippen MR) is 78.3 cm³/mol. The number of carbonyl (C=O) groups is 1. The lowest BCUT2D eigenvalue weighted by Crippen LogP contribution is -2.25. The van der Waals surface area contributed by atoms with Crippen molar-refractivity contribution in [2.75, 3.05) is 18.1 Å². The summed E-state index contributed by atoms with van der Waals surface area (Å²) in [6.45, 7) is 2.68. The fourth-order valence-electron chi connectivity index (χ4n) is 1.68. The number of halogens is 2. The smallest absolute Gasteiger partial charge is 0.339 e. The van der Waals surface area contributed by atoms with Crippen LogP contribution in [0.25, 0.3) is 0 Å². The summed E-state index contributed by atoms with van der Waals surface area (Å²) in [5.74, 6) is 0.243. The quantitative estimate of drug-likeness (QED) is 0.790. The monoisotopic (exact) mass is 342 g/mol. The van der Waals surface area contributed by atoms with E-state index in [0.717, 1.165) is 4.48 Å². The van der Waals surface area contributed by atoms with Crippen molar-refractivity contribution in [3.8, 4) is 0 Å². The second kappa shape index (κ2) is 6.21. The van der Waals surface area contributed by atoms with Crippen LogP contribution in [0.2, 0.25) is 5.02 Å². The topological polar surface area (TPSA) is 42.4 Å². The average molecular weight is 344 g/mol. The highest BCUT2D eigenvalue weighted by Crippen LogP contribution is 2.28. The van der Waals surface area contributed by atoms with Crippen molar-refractivity contribution in [2.45, 2.75) is 6.92 Å². The van der Waals surface area contributed by atoms with Gasteiger partial charge in [-0.25, -0.2) is 9.78 Å². The normalized spacial score (nSPS) is 14.8. The van der Waals surface area contributed by atoms with E-state index in [1.54, 1.807) is 42.4 Å². The molecule has 0 aliphatic carbocycles. The Bertz CT molecular complexity index is 557. The van der Waals surface area contributed by atoms with Gasteiger partial charge >= 0.3 is 5.97 Å². The van der Waals surface area contributed by atoms with Crippen LogP contribution in [0.3, 0.4) is 0 Å². The van der Waals surface area contributed by atoms with Gasteiger partial charge in [0.15, 0.2) is 5.82 Å². The molecule has 6 heteroatoms. The standard InChI is InChI=1S/C13H12BrClN2O2/c1-2-19-13(18)9-6-10(14)8-17(7-9)12-11(15)4-3-5-16-12/h3-7H,2,8H2,1H3. The number of hydrogen-bond acceptors (Lipinski definition) is 4. The Morgan fingerprint density at radius 3 is 3.11 bits per heavy atom. The van der Waals surface area contributed by atoms with Crippen LogP contribution in [0.4, 0.5) is 5.82 Å². The molecule has 0 saturated heterocycles. The Morgan fingerprint density at radius 1 is 1.63 bits per heavy atom. The third-order valence-corrected chi connectivity index (χ3v) is 3.23. The number of nitrogens with zero attached hydrogens (tertiary/aromatic N) is 2. The van der Waals surface area contributed by atoms with Gasteiger partial charge in [-0.05, 0) is 25.1 Å². The number of hydrogen-bond donors (Lipinski definition) is 0. The molecular weight excluding hydrogens is 332 g/mol. The summed E-state index contributed by atoms with van der Waals surface area (Å²) in [4.78, 5) is 17.8. The Morgan fingerprint density at radius 2 is 2.42 bits per heavy atom. The number of aromatic nitrogens is 1. The van der Waals surface area contributed by atoms with E-state index in [1.807, 2.05) is 0 Å². The first-order valence-corrected chi connectivity index (χ1v) is 6.91. The molecule has 0 spiro atoms. The van der Waals surface area contributed by atoms with E-state index in [-0.39, 0.29) is 5.97 Å². The zero-order chi connectivity index (χ0) is 13.8. The predicted octanol–water partition coefficient (Wildman–Crippen LogP) is 3.28. The van der Waals surface area contributed by atoms with E-state index in [0.29, 0.717) is 29.6 Å². The SMILES string of the molecule is CCOC(=O)C1=CN(c2ncccc2Cl)CC(Br)=C1. The van der Waals surface area contributed by atoms with Crippen molar-refractivity contribution in [3.63, 3.8) is 0 Å². The van der Waals surface area contributed by atoms with E-state index in [9.17, 15) is 4.79 Å². The first-order valence-electron chi connectivity index (χ1n) is 5.74. The van der Waals surface area contributed by atoms with Crippen LogP contribution in [0.1, 0.15) is 6.92 Å². The number of esters is 1. The van der Waals surface area contributed by atoms with Gasteiger partial charge < -0.3 is 9.64 Å². The summed E-state index contributed by atoms with van der Waals surface area (Å²) in [5, 5.41) is 0.532. The first-order chi connectivity index (χ1) is 9.11. The zero-order valence-electron chi connectivity index (χ0n) is 10.3. The summed E-state index contributed by atoms with van der Waals surface area (Å²) in [5.41, 5.74) is 0.460. The first kappa shape index (κ1) is 14.1. The van der Waals surface area contributed by atoms with Crippen molar-refractivity contribution in [2.24, 2.45) is 0 Å². The molecule has 0 amide bonds. The Labute approximate surface area is 124 Å². The van der Waals surface area contributed by atoms with Crippen LogP contribution in [-0.2, 0) is 9.53 Å². The summed E-state index contributed by atoms with van der Waals surface area (Å²) < 4.78 is 5.85. The van der Waals surface area contributed by atoms with Crippen molar-refractivity contribution in [1.82, 2.24) is 4.98 Å². The van der Waals surface area contributed by atoms with Crippen LogP contribution in [-0.4, -0.2) is 24.1 Å². The summed E-state index contributed by atoms with van der Waals surface area (Å²) in [6, 6.07) is 3.52. The molecule has 0 radical (unpaired) electrons. The second-order valence-electron chi connectivity index (χ2n) is 3.83. The van der Waals surface area contributed by atoms with Gasteiger partial charge in [-0.2, -0.15) is 0 Å². The van der Waals surface area contributed by atoms with Gasteiger partial charge in [-0.1, -0.05) is 27.5 Å². The van der Waals surface area contributed by atoms with Crippen molar-refractivity contribution >= 4 is 39.3 Å². The fourth-order valence-corrected chi connectivity index (χ4v) is 2.43. The van der Waals surface area contributed by atoms with E-state index < -0.39 is 0 Å². The maximum Gasteiger partial charge on any atom is 0.339 e. The minimum absolute atomic E-state index is 0.339. The second-order valence-corrected chi connectivity index (χ2v) is 5.26. The molecule has 100 valence electrons. The van der Waals surface area contributed by atoms with Crippen LogP contribution in [0, 0.1) is 0 Å². The van der Waals surface area contributed by atoms with E-state index in [4.69, 9.17) is 16.3 Å². The lowest BCUT2D eigenvalue weighted by Gasteiger charge is -2.24. The zero-order valence-corrected chi connectivity index (χ0v) is 12.6. The average Bonchev–Trinajstić information content (AvgIpc) is 2.39. The Kier molecular flexibility index (Phi) is 4.61. The molecule has 19 heavy (non-hydrogen) atoms. The highest BCUT2D eigenvalue weighted by Gasteiger charge is 2.19.